The lowest BCUT2D eigenvalue weighted by Crippen LogP contribution is -2.46. The Morgan fingerprint density at radius 3 is 1.91 bits per heavy atom. The largest absolute Gasteiger partial charge is 0.587 e. The molecule has 35 heavy (non-hydrogen) atoms. The van der Waals surface area contributed by atoms with E-state index in [1.54, 1.807) is 69.3 Å². The van der Waals surface area contributed by atoms with Gasteiger partial charge in [-0.15, -0.1) is 0 Å². The molecule has 0 aromatic heterocycles. The Balaban J connectivity index is 2.08. The van der Waals surface area contributed by atoms with Gasteiger partial charge in [0.2, 0.25) is 5.91 Å². The van der Waals surface area contributed by atoms with Gasteiger partial charge in [0.25, 0.3) is 0 Å². The van der Waals surface area contributed by atoms with E-state index in [0.717, 1.165) is 11.1 Å². The smallest absolute Gasteiger partial charge is 0.466 e. The third kappa shape index (κ3) is 9.36. The van der Waals surface area contributed by atoms with Gasteiger partial charge in [0.05, 0.1) is 19.6 Å². The van der Waals surface area contributed by atoms with Gasteiger partial charge in [0.15, 0.2) is 0 Å². The van der Waals surface area contributed by atoms with Crippen molar-refractivity contribution in [3.8, 4) is 11.5 Å². The number of hydrogen-bond donors (Lipinski definition) is 2. The Kier molecular flexibility index (Phi) is 10.3. The molecule has 10 heteroatoms. The van der Waals surface area contributed by atoms with Crippen LogP contribution in [0.1, 0.15) is 38.3 Å². The second-order valence-corrected chi connectivity index (χ2v) is 10.3. The van der Waals surface area contributed by atoms with Crippen LogP contribution in [0.5, 0.6) is 11.5 Å². The number of benzene rings is 2. The molecule has 0 unspecified atom stereocenters. The van der Waals surface area contributed by atoms with Crippen molar-refractivity contribution in [2.24, 2.45) is 5.41 Å². The quantitative estimate of drug-likeness (QED) is 0.303. The van der Waals surface area contributed by atoms with Crippen LogP contribution in [0.2, 0.25) is 0 Å². The number of aliphatic hydroxyl groups is 1. The first kappa shape index (κ1) is 28.4. The van der Waals surface area contributed by atoms with Gasteiger partial charge >= 0.3 is 13.8 Å². The van der Waals surface area contributed by atoms with E-state index in [1.807, 2.05) is 13.8 Å². The minimum absolute atomic E-state index is 0.0111. The van der Waals surface area contributed by atoms with Gasteiger partial charge in [-0.1, -0.05) is 49.2 Å². The summed E-state index contributed by atoms with van der Waals surface area (Å²) in [4.78, 5) is 23.8. The molecule has 0 aliphatic heterocycles. The molecular formula is C25H34NO8P. The molecule has 0 aliphatic rings. The van der Waals surface area contributed by atoms with E-state index in [1.165, 1.54) is 0 Å². The van der Waals surface area contributed by atoms with Crippen LogP contribution >= 0.6 is 7.82 Å². The Hall–Kier alpha value is -2.87. The predicted molar refractivity (Wildman–Crippen MR) is 131 cm³/mol. The van der Waals surface area contributed by atoms with E-state index in [9.17, 15) is 19.3 Å². The summed E-state index contributed by atoms with van der Waals surface area (Å²) in [6.07, 6.45) is -1.54. The van der Waals surface area contributed by atoms with Gasteiger partial charge < -0.3 is 24.2 Å². The van der Waals surface area contributed by atoms with Crippen LogP contribution in [0.15, 0.2) is 48.5 Å². The van der Waals surface area contributed by atoms with Crippen LogP contribution in [0.4, 0.5) is 0 Å². The highest BCUT2D eigenvalue weighted by atomic mass is 31.2. The zero-order chi connectivity index (χ0) is 26.1. The van der Waals surface area contributed by atoms with Crippen LogP contribution in [0.25, 0.3) is 0 Å². The molecule has 2 aromatic carbocycles. The summed E-state index contributed by atoms with van der Waals surface area (Å²) in [5.74, 6) is -0.591. The first-order valence-electron chi connectivity index (χ1n) is 11.3. The molecule has 2 N–H and O–H groups in total. The molecular weight excluding hydrogens is 473 g/mol. The fourth-order valence-corrected chi connectivity index (χ4v) is 4.22. The lowest BCUT2D eigenvalue weighted by molar-refractivity contribution is -0.143. The Bertz CT molecular complexity index is 969. The highest BCUT2D eigenvalue weighted by Crippen LogP contribution is 2.50. The summed E-state index contributed by atoms with van der Waals surface area (Å²) < 4.78 is 35.2. The molecule has 2 rings (SSSR count). The maximum absolute atomic E-state index is 13.6. The molecule has 0 saturated heterocycles. The Labute approximate surface area is 206 Å². The number of aliphatic hydroxyl groups excluding tert-OH is 1. The van der Waals surface area contributed by atoms with E-state index < -0.39 is 31.2 Å². The fourth-order valence-electron chi connectivity index (χ4n) is 2.82. The van der Waals surface area contributed by atoms with Gasteiger partial charge in [0.1, 0.15) is 17.6 Å². The topological polar surface area (TPSA) is 120 Å². The molecule has 0 spiro atoms. The second kappa shape index (κ2) is 12.7. The highest BCUT2D eigenvalue weighted by molar-refractivity contribution is 7.49. The van der Waals surface area contributed by atoms with Gasteiger partial charge in [-0.2, -0.15) is 0 Å². The maximum atomic E-state index is 13.6. The van der Waals surface area contributed by atoms with E-state index in [2.05, 4.69) is 5.32 Å². The predicted octanol–water partition coefficient (Wildman–Crippen LogP) is 4.34. The number of rotatable bonds is 13. The number of phosphoric acid groups is 1. The number of carbonyl (C=O) groups is 2. The summed E-state index contributed by atoms with van der Waals surface area (Å²) in [5.41, 5.74) is 0.813. The normalized spacial score (nSPS) is 12.5. The molecule has 2 aromatic rings. The van der Waals surface area contributed by atoms with Crippen LogP contribution < -0.4 is 14.4 Å². The standard InChI is InChI=1S/C25H34NO8P/c1-6-31-22(27)15-16-26-24(29)23(28)25(4,5)17-32-35(30,33-20-11-7-18(2)8-12-20)34-21-13-9-19(3)10-14-21/h7-14,23,28H,6,15-17H2,1-5H3,(H,26,29)/t23-/m0/s1. The van der Waals surface area contributed by atoms with Gasteiger partial charge in [-0.3, -0.25) is 14.1 Å². The maximum Gasteiger partial charge on any atom is 0.587 e. The molecule has 0 fully saturated rings. The summed E-state index contributed by atoms with van der Waals surface area (Å²) in [7, 11) is -4.21. The summed E-state index contributed by atoms with van der Waals surface area (Å²) >= 11 is 0. The molecule has 9 nitrogen and oxygen atoms in total. The van der Waals surface area contributed by atoms with E-state index in [-0.39, 0.29) is 37.7 Å². The molecule has 0 heterocycles. The second-order valence-electron chi connectivity index (χ2n) is 8.77. The lowest BCUT2D eigenvalue weighted by Gasteiger charge is -2.30. The van der Waals surface area contributed by atoms with Crippen molar-refractivity contribution < 1.29 is 37.6 Å². The molecule has 0 aliphatic carbocycles. The molecule has 0 radical (unpaired) electrons. The third-order valence-corrected chi connectivity index (χ3v) is 6.31. The number of carbonyl (C=O) groups excluding carboxylic acids is 2. The van der Waals surface area contributed by atoms with Crippen molar-refractivity contribution in [2.45, 2.75) is 47.1 Å². The monoisotopic (exact) mass is 507 g/mol. The summed E-state index contributed by atoms with van der Waals surface area (Å²) in [6.45, 7) is 8.58. The van der Waals surface area contributed by atoms with E-state index >= 15 is 0 Å². The van der Waals surface area contributed by atoms with Crippen molar-refractivity contribution in [1.29, 1.82) is 0 Å². The third-order valence-electron chi connectivity index (χ3n) is 4.99. The van der Waals surface area contributed by atoms with Crippen LogP contribution in [0, 0.1) is 19.3 Å². The number of esters is 1. The number of ether oxygens (including phenoxy) is 1. The zero-order valence-electron chi connectivity index (χ0n) is 20.8. The van der Waals surface area contributed by atoms with Crippen molar-refractivity contribution in [2.75, 3.05) is 19.8 Å². The van der Waals surface area contributed by atoms with Gasteiger partial charge in [-0.05, 0) is 45.0 Å². The summed E-state index contributed by atoms with van der Waals surface area (Å²) in [5, 5.41) is 13.1. The molecule has 192 valence electrons. The number of amides is 1. The first-order valence-corrected chi connectivity index (χ1v) is 12.8. The van der Waals surface area contributed by atoms with Crippen molar-refractivity contribution in [1.82, 2.24) is 5.32 Å². The lowest BCUT2D eigenvalue weighted by atomic mass is 9.87. The van der Waals surface area contributed by atoms with Gasteiger partial charge in [-0.25, -0.2) is 4.57 Å². The zero-order valence-corrected chi connectivity index (χ0v) is 21.7. The summed E-state index contributed by atoms with van der Waals surface area (Å²) in [6, 6.07) is 13.7. The Morgan fingerprint density at radius 2 is 1.46 bits per heavy atom. The molecule has 1 atom stereocenters. The van der Waals surface area contributed by atoms with Crippen LogP contribution in [0.3, 0.4) is 0 Å². The average Bonchev–Trinajstić information content (AvgIpc) is 2.80. The molecule has 1 amide bonds. The number of hydrogen-bond acceptors (Lipinski definition) is 8. The minimum atomic E-state index is -4.21. The Morgan fingerprint density at radius 1 is 0.971 bits per heavy atom. The minimum Gasteiger partial charge on any atom is -0.466 e. The fraction of sp³-hybridized carbons (Fsp3) is 0.440. The average molecular weight is 508 g/mol. The van der Waals surface area contributed by atoms with Gasteiger partial charge in [0, 0.05) is 12.0 Å². The van der Waals surface area contributed by atoms with E-state index in [0.29, 0.717) is 0 Å². The SMILES string of the molecule is CCOC(=O)CCNC(=O)[C@H](O)C(C)(C)COP(=O)(Oc1ccc(C)cc1)Oc1ccc(C)cc1. The molecule has 0 saturated carbocycles. The number of aryl methyl sites for hydroxylation is 2. The highest BCUT2D eigenvalue weighted by Gasteiger charge is 2.39. The van der Waals surface area contributed by atoms with Crippen molar-refractivity contribution in [3.63, 3.8) is 0 Å². The van der Waals surface area contributed by atoms with Crippen LogP contribution in [-0.2, 0) is 23.4 Å². The number of nitrogens with one attached hydrogen (secondary N) is 1. The van der Waals surface area contributed by atoms with Crippen molar-refractivity contribution >= 4 is 19.7 Å². The molecule has 0 bridgehead atoms. The first-order chi connectivity index (χ1) is 16.4. The number of phosphoric ester groups is 1. The van der Waals surface area contributed by atoms with E-state index in [4.69, 9.17) is 18.3 Å². The van der Waals surface area contributed by atoms with Crippen LogP contribution in [-0.4, -0.2) is 42.8 Å². The van der Waals surface area contributed by atoms with Crippen molar-refractivity contribution in [3.05, 3.63) is 59.7 Å².